The lowest BCUT2D eigenvalue weighted by molar-refractivity contribution is 0.102. The molecule has 126 valence electrons. The summed E-state index contributed by atoms with van der Waals surface area (Å²) in [7, 11) is 0. The summed E-state index contributed by atoms with van der Waals surface area (Å²) < 4.78 is 0. The highest BCUT2D eigenvalue weighted by Crippen LogP contribution is 2.25. The molecule has 2 N–H and O–H groups in total. The largest absolute Gasteiger partial charge is 0.321 e. The van der Waals surface area contributed by atoms with Gasteiger partial charge in [0.15, 0.2) is 5.13 Å². The highest BCUT2D eigenvalue weighted by Gasteiger charge is 2.17. The van der Waals surface area contributed by atoms with Crippen LogP contribution in [0.15, 0.2) is 54.6 Å². The van der Waals surface area contributed by atoms with Gasteiger partial charge in [0.05, 0.1) is 5.69 Å². The van der Waals surface area contributed by atoms with E-state index in [1.54, 1.807) is 55.5 Å². The zero-order chi connectivity index (χ0) is 17.8. The van der Waals surface area contributed by atoms with E-state index < -0.39 is 0 Å². The van der Waals surface area contributed by atoms with Gasteiger partial charge in [-0.1, -0.05) is 47.2 Å². The molecule has 0 saturated heterocycles. The van der Waals surface area contributed by atoms with Gasteiger partial charge < -0.3 is 5.32 Å². The Morgan fingerprint density at radius 1 is 1.00 bits per heavy atom. The van der Waals surface area contributed by atoms with E-state index >= 15 is 0 Å². The summed E-state index contributed by atoms with van der Waals surface area (Å²) in [4.78, 5) is 29.3. The highest BCUT2D eigenvalue weighted by atomic mass is 35.5. The molecule has 0 spiro atoms. The molecule has 3 aromatic rings. The second kappa shape index (κ2) is 7.46. The molecule has 0 fully saturated rings. The van der Waals surface area contributed by atoms with Crippen molar-refractivity contribution < 1.29 is 9.59 Å². The van der Waals surface area contributed by atoms with Gasteiger partial charge in [-0.05, 0) is 37.3 Å². The highest BCUT2D eigenvalue weighted by molar-refractivity contribution is 7.17. The number of carbonyl (C=O) groups is 2. The average molecular weight is 372 g/mol. The lowest BCUT2D eigenvalue weighted by Crippen LogP contribution is -2.11. The van der Waals surface area contributed by atoms with Gasteiger partial charge >= 0.3 is 0 Å². The molecular formula is C18H14ClN3O2S. The SMILES string of the molecule is Cc1nc(NC(=O)c2ccccc2)sc1C(=O)Nc1cccc(Cl)c1. The first-order valence-corrected chi connectivity index (χ1v) is 8.63. The molecule has 0 bridgehead atoms. The van der Waals surface area contributed by atoms with Crippen molar-refractivity contribution in [3.63, 3.8) is 0 Å². The molecule has 0 aliphatic heterocycles. The van der Waals surface area contributed by atoms with Crippen LogP contribution < -0.4 is 10.6 Å². The van der Waals surface area contributed by atoms with Crippen LogP contribution in [0.4, 0.5) is 10.8 Å². The van der Waals surface area contributed by atoms with E-state index in [2.05, 4.69) is 15.6 Å². The van der Waals surface area contributed by atoms with Gasteiger partial charge in [0.25, 0.3) is 11.8 Å². The lowest BCUT2D eigenvalue weighted by atomic mass is 10.2. The molecule has 0 unspecified atom stereocenters. The topological polar surface area (TPSA) is 71.1 Å². The van der Waals surface area contributed by atoms with Gasteiger partial charge in [-0.2, -0.15) is 0 Å². The maximum absolute atomic E-state index is 12.4. The van der Waals surface area contributed by atoms with Crippen LogP contribution in [0.2, 0.25) is 5.02 Å². The Balaban J connectivity index is 1.73. The van der Waals surface area contributed by atoms with E-state index in [9.17, 15) is 9.59 Å². The van der Waals surface area contributed by atoms with Crippen molar-refractivity contribution in [1.82, 2.24) is 4.98 Å². The second-order valence-corrected chi connectivity index (χ2v) is 6.65. The van der Waals surface area contributed by atoms with Crippen LogP contribution in [-0.2, 0) is 0 Å². The van der Waals surface area contributed by atoms with Gasteiger partial charge in [0.1, 0.15) is 4.88 Å². The minimum Gasteiger partial charge on any atom is -0.321 e. The summed E-state index contributed by atoms with van der Waals surface area (Å²) in [6.45, 7) is 1.72. The first-order chi connectivity index (χ1) is 12.0. The summed E-state index contributed by atoms with van der Waals surface area (Å²) in [5, 5.41) is 6.40. The smallest absolute Gasteiger partial charge is 0.267 e. The van der Waals surface area contributed by atoms with Crippen LogP contribution >= 0.6 is 22.9 Å². The number of thiazole rings is 1. The molecule has 2 aromatic carbocycles. The van der Waals surface area contributed by atoms with Gasteiger partial charge in [0.2, 0.25) is 0 Å². The van der Waals surface area contributed by atoms with E-state index in [-0.39, 0.29) is 11.8 Å². The maximum atomic E-state index is 12.4. The summed E-state index contributed by atoms with van der Waals surface area (Å²) in [6.07, 6.45) is 0. The predicted octanol–water partition coefficient (Wildman–Crippen LogP) is 4.61. The van der Waals surface area contributed by atoms with Crippen LogP contribution in [0.25, 0.3) is 0 Å². The Labute approximate surface area is 153 Å². The van der Waals surface area contributed by atoms with Crippen molar-refractivity contribution in [3.8, 4) is 0 Å². The second-order valence-electron chi connectivity index (χ2n) is 5.22. The van der Waals surface area contributed by atoms with Gasteiger partial charge in [0, 0.05) is 16.3 Å². The first kappa shape index (κ1) is 17.1. The van der Waals surface area contributed by atoms with E-state index in [1.807, 2.05) is 6.07 Å². The lowest BCUT2D eigenvalue weighted by Gasteiger charge is -2.04. The zero-order valence-electron chi connectivity index (χ0n) is 13.2. The summed E-state index contributed by atoms with van der Waals surface area (Å²) in [5.74, 6) is -0.561. The Kier molecular flexibility index (Phi) is 5.11. The first-order valence-electron chi connectivity index (χ1n) is 7.43. The zero-order valence-corrected chi connectivity index (χ0v) is 14.8. The quantitative estimate of drug-likeness (QED) is 0.703. The van der Waals surface area contributed by atoms with Crippen molar-refractivity contribution in [2.24, 2.45) is 0 Å². The van der Waals surface area contributed by atoms with Crippen molar-refractivity contribution in [3.05, 3.63) is 75.8 Å². The molecule has 0 radical (unpaired) electrons. The molecule has 5 nitrogen and oxygen atoms in total. The Hall–Kier alpha value is -2.70. The number of hydrogen-bond donors (Lipinski definition) is 2. The number of hydrogen-bond acceptors (Lipinski definition) is 4. The molecule has 0 atom stereocenters. The molecule has 0 saturated carbocycles. The number of halogens is 1. The third-order valence-electron chi connectivity index (χ3n) is 3.34. The number of nitrogens with one attached hydrogen (secondary N) is 2. The number of carbonyl (C=O) groups excluding carboxylic acids is 2. The summed E-state index contributed by atoms with van der Waals surface area (Å²) >= 11 is 7.04. The fourth-order valence-corrected chi connectivity index (χ4v) is 3.22. The molecule has 1 aromatic heterocycles. The predicted molar refractivity (Wildman–Crippen MR) is 101 cm³/mol. The van der Waals surface area contributed by atoms with Crippen LogP contribution in [0, 0.1) is 6.92 Å². The summed E-state index contributed by atoms with van der Waals surface area (Å²) in [5.41, 5.74) is 1.67. The van der Waals surface area contributed by atoms with Crippen LogP contribution in [0.5, 0.6) is 0 Å². The number of aromatic nitrogens is 1. The fraction of sp³-hybridized carbons (Fsp3) is 0.0556. The van der Waals surface area contributed by atoms with E-state index in [0.29, 0.717) is 32.0 Å². The third kappa shape index (κ3) is 4.23. The molecule has 0 aliphatic rings. The molecule has 25 heavy (non-hydrogen) atoms. The van der Waals surface area contributed by atoms with E-state index in [4.69, 9.17) is 11.6 Å². The molecule has 2 amide bonds. The minimum atomic E-state index is -0.294. The average Bonchev–Trinajstić information content (AvgIpc) is 2.96. The van der Waals surface area contributed by atoms with Crippen molar-refractivity contribution in [2.45, 2.75) is 6.92 Å². The number of benzene rings is 2. The normalized spacial score (nSPS) is 10.3. The molecule has 7 heteroatoms. The molecular weight excluding hydrogens is 358 g/mol. The standard InChI is InChI=1S/C18H14ClN3O2S/c1-11-15(17(24)21-14-9-5-8-13(19)10-14)25-18(20-11)22-16(23)12-6-3-2-4-7-12/h2-10H,1H3,(H,21,24)(H,20,22,23). The van der Waals surface area contributed by atoms with E-state index in [1.165, 1.54) is 0 Å². The van der Waals surface area contributed by atoms with Gasteiger partial charge in [-0.25, -0.2) is 4.98 Å². The molecule has 3 rings (SSSR count). The Bertz CT molecular complexity index is 925. The maximum Gasteiger partial charge on any atom is 0.267 e. The van der Waals surface area contributed by atoms with Crippen molar-refractivity contribution in [2.75, 3.05) is 10.6 Å². The number of anilines is 2. The third-order valence-corrected chi connectivity index (χ3v) is 4.65. The van der Waals surface area contributed by atoms with Gasteiger partial charge in [-0.15, -0.1) is 0 Å². The Morgan fingerprint density at radius 2 is 1.76 bits per heavy atom. The fourth-order valence-electron chi connectivity index (χ4n) is 2.17. The number of rotatable bonds is 4. The van der Waals surface area contributed by atoms with Crippen LogP contribution in [0.1, 0.15) is 25.7 Å². The molecule has 0 aliphatic carbocycles. The molecule has 1 heterocycles. The van der Waals surface area contributed by atoms with Gasteiger partial charge in [-0.3, -0.25) is 14.9 Å². The number of nitrogens with zero attached hydrogens (tertiary/aromatic N) is 1. The van der Waals surface area contributed by atoms with Crippen LogP contribution in [0.3, 0.4) is 0 Å². The monoisotopic (exact) mass is 371 g/mol. The van der Waals surface area contributed by atoms with Crippen molar-refractivity contribution >= 4 is 45.6 Å². The van der Waals surface area contributed by atoms with Crippen molar-refractivity contribution in [1.29, 1.82) is 0 Å². The summed E-state index contributed by atoms with van der Waals surface area (Å²) in [6, 6.07) is 15.7. The minimum absolute atomic E-state index is 0.267. The Morgan fingerprint density at radius 3 is 2.48 bits per heavy atom. The number of amides is 2. The van der Waals surface area contributed by atoms with Crippen LogP contribution in [-0.4, -0.2) is 16.8 Å². The van der Waals surface area contributed by atoms with E-state index in [0.717, 1.165) is 11.3 Å². The number of aryl methyl sites for hydroxylation is 1.